The monoisotopic (exact) mass is 272 g/mol. The van der Waals surface area contributed by atoms with Crippen molar-refractivity contribution < 1.29 is 13.2 Å². The minimum Gasteiger partial charge on any atom is -0.341 e. The van der Waals surface area contributed by atoms with Crippen LogP contribution in [0, 0.1) is 12.3 Å². The van der Waals surface area contributed by atoms with Crippen molar-refractivity contribution in [3.05, 3.63) is 0 Å². The van der Waals surface area contributed by atoms with E-state index in [0.717, 1.165) is 12.8 Å². The van der Waals surface area contributed by atoms with Gasteiger partial charge in [-0.15, -0.1) is 12.3 Å². The third-order valence-corrected chi connectivity index (χ3v) is 4.47. The highest BCUT2D eigenvalue weighted by atomic mass is 32.2. The summed E-state index contributed by atoms with van der Waals surface area (Å²) in [4.78, 5) is 13.5. The Morgan fingerprint density at radius 1 is 1.44 bits per heavy atom. The molecule has 1 heterocycles. The quantitative estimate of drug-likeness (QED) is 0.583. The molecule has 0 aromatic rings. The van der Waals surface area contributed by atoms with Crippen LogP contribution in [-0.2, 0) is 14.8 Å². The maximum atomic E-state index is 11.9. The van der Waals surface area contributed by atoms with Gasteiger partial charge in [0.15, 0.2) is 0 Å². The van der Waals surface area contributed by atoms with Crippen molar-refractivity contribution in [2.75, 3.05) is 13.1 Å². The number of amides is 1. The van der Waals surface area contributed by atoms with E-state index in [0.29, 0.717) is 32.2 Å². The lowest BCUT2D eigenvalue weighted by Crippen LogP contribution is -2.47. The Labute approximate surface area is 109 Å². The zero-order valence-corrected chi connectivity index (χ0v) is 11.3. The lowest BCUT2D eigenvalue weighted by Gasteiger charge is -2.31. The number of carbonyl (C=O) groups excluding carboxylic acids is 1. The van der Waals surface area contributed by atoms with E-state index in [4.69, 9.17) is 11.6 Å². The molecule has 102 valence electrons. The van der Waals surface area contributed by atoms with Crippen molar-refractivity contribution in [1.29, 1.82) is 0 Å². The van der Waals surface area contributed by atoms with Gasteiger partial charge < -0.3 is 4.90 Å². The number of hydrogen-bond acceptors (Lipinski definition) is 3. The average Bonchev–Trinajstić information content (AvgIpc) is 2.33. The summed E-state index contributed by atoms with van der Waals surface area (Å²) in [5.41, 5.74) is 0. The maximum absolute atomic E-state index is 11.9. The van der Waals surface area contributed by atoms with E-state index in [1.165, 1.54) is 0 Å². The van der Waals surface area contributed by atoms with E-state index in [-0.39, 0.29) is 12.5 Å². The van der Waals surface area contributed by atoms with Crippen LogP contribution in [0.15, 0.2) is 0 Å². The van der Waals surface area contributed by atoms with Crippen LogP contribution < -0.4 is 5.14 Å². The fraction of sp³-hybridized carbons (Fsp3) is 0.750. The molecule has 2 N–H and O–H groups in total. The Kier molecular flexibility index (Phi) is 5.63. The Bertz CT molecular complexity index is 425. The zero-order valence-electron chi connectivity index (χ0n) is 10.5. The first-order chi connectivity index (χ1) is 8.45. The summed E-state index contributed by atoms with van der Waals surface area (Å²) in [6.07, 6.45) is 9.04. The molecule has 1 rings (SSSR count). The molecule has 18 heavy (non-hydrogen) atoms. The normalized spacial score (nSPS) is 20.4. The van der Waals surface area contributed by atoms with Gasteiger partial charge in [-0.3, -0.25) is 4.79 Å². The highest BCUT2D eigenvalue weighted by molar-refractivity contribution is 7.89. The van der Waals surface area contributed by atoms with Gasteiger partial charge >= 0.3 is 0 Å². The summed E-state index contributed by atoms with van der Waals surface area (Å²) in [6.45, 7) is 0.854. The second kappa shape index (κ2) is 6.76. The standard InChI is InChI=1S/C12H20N2O3S/c1-2-3-4-5-8-12(15)14-9-6-7-11(10-14)18(13,16)17/h1,11H,3-10H2,(H2,13,16,17). The molecule has 0 bridgehead atoms. The van der Waals surface area contributed by atoms with Crippen molar-refractivity contribution in [2.45, 2.75) is 43.8 Å². The molecule has 0 spiro atoms. The molecule has 0 saturated carbocycles. The molecule has 0 aromatic heterocycles. The number of terminal acetylenes is 1. The number of rotatable bonds is 5. The van der Waals surface area contributed by atoms with Gasteiger partial charge in [-0.25, -0.2) is 13.6 Å². The van der Waals surface area contributed by atoms with E-state index < -0.39 is 15.3 Å². The molecule has 1 aliphatic rings. The number of primary sulfonamides is 1. The Morgan fingerprint density at radius 2 is 2.17 bits per heavy atom. The molecule has 6 heteroatoms. The number of sulfonamides is 1. The van der Waals surface area contributed by atoms with E-state index in [9.17, 15) is 13.2 Å². The highest BCUT2D eigenvalue weighted by Gasteiger charge is 2.29. The number of unbranched alkanes of at least 4 members (excludes halogenated alkanes) is 2. The molecule has 0 aromatic carbocycles. The Hall–Kier alpha value is -1.06. The number of likely N-dealkylation sites (tertiary alicyclic amines) is 1. The molecule has 0 aliphatic carbocycles. The van der Waals surface area contributed by atoms with Gasteiger partial charge in [0.1, 0.15) is 0 Å². The van der Waals surface area contributed by atoms with Crippen molar-refractivity contribution in [2.24, 2.45) is 5.14 Å². The summed E-state index contributed by atoms with van der Waals surface area (Å²) in [6, 6.07) is 0. The SMILES string of the molecule is C#CCCCCC(=O)N1CCCC(S(N)(=O)=O)C1. The minimum atomic E-state index is -3.54. The predicted molar refractivity (Wildman–Crippen MR) is 70.0 cm³/mol. The van der Waals surface area contributed by atoms with Crippen LogP contribution in [0.3, 0.4) is 0 Å². The highest BCUT2D eigenvalue weighted by Crippen LogP contribution is 2.16. The van der Waals surface area contributed by atoms with E-state index in [1.54, 1.807) is 4.90 Å². The first-order valence-electron chi connectivity index (χ1n) is 6.18. The lowest BCUT2D eigenvalue weighted by atomic mass is 10.1. The van der Waals surface area contributed by atoms with Crippen molar-refractivity contribution in [3.8, 4) is 12.3 Å². The predicted octanol–water partition coefficient (Wildman–Crippen LogP) is 0.460. The average molecular weight is 272 g/mol. The summed E-state index contributed by atoms with van der Waals surface area (Å²) in [5, 5.41) is 4.51. The number of hydrogen-bond donors (Lipinski definition) is 1. The second-order valence-electron chi connectivity index (χ2n) is 4.60. The molecule has 5 nitrogen and oxygen atoms in total. The van der Waals surface area contributed by atoms with Crippen LogP contribution in [-0.4, -0.2) is 37.6 Å². The molecule has 0 radical (unpaired) electrons. The van der Waals surface area contributed by atoms with Crippen molar-refractivity contribution >= 4 is 15.9 Å². The first-order valence-corrected chi connectivity index (χ1v) is 7.79. The number of nitrogens with two attached hydrogens (primary N) is 1. The van der Waals surface area contributed by atoms with Gasteiger partial charge in [-0.1, -0.05) is 0 Å². The van der Waals surface area contributed by atoms with Crippen LogP contribution in [0.25, 0.3) is 0 Å². The molecular weight excluding hydrogens is 252 g/mol. The van der Waals surface area contributed by atoms with E-state index >= 15 is 0 Å². The Balaban J connectivity index is 2.42. The number of piperidine rings is 1. The largest absolute Gasteiger partial charge is 0.341 e. The van der Waals surface area contributed by atoms with Crippen LogP contribution in [0.4, 0.5) is 0 Å². The Morgan fingerprint density at radius 3 is 2.78 bits per heavy atom. The summed E-state index contributed by atoms with van der Waals surface area (Å²) in [7, 11) is -3.54. The van der Waals surface area contributed by atoms with Gasteiger partial charge in [-0.05, 0) is 25.7 Å². The van der Waals surface area contributed by atoms with Gasteiger partial charge in [0.25, 0.3) is 0 Å². The van der Waals surface area contributed by atoms with Crippen LogP contribution >= 0.6 is 0 Å². The minimum absolute atomic E-state index is 0.000344. The van der Waals surface area contributed by atoms with Gasteiger partial charge in [-0.2, -0.15) is 0 Å². The molecule has 1 saturated heterocycles. The summed E-state index contributed by atoms with van der Waals surface area (Å²) in [5.74, 6) is 2.53. The molecule has 1 atom stereocenters. The van der Waals surface area contributed by atoms with Gasteiger partial charge in [0.05, 0.1) is 5.25 Å². The fourth-order valence-electron chi connectivity index (χ4n) is 2.09. The van der Waals surface area contributed by atoms with Crippen LogP contribution in [0.1, 0.15) is 38.5 Å². The third-order valence-electron chi connectivity index (χ3n) is 3.16. The second-order valence-corrected chi connectivity index (χ2v) is 6.45. The van der Waals surface area contributed by atoms with Gasteiger partial charge in [0.2, 0.25) is 15.9 Å². The molecule has 1 amide bonds. The van der Waals surface area contributed by atoms with E-state index in [1.807, 2.05) is 0 Å². The van der Waals surface area contributed by atoms with E-state index in [2.05, 4.69) is 5.92 Å². The maximum Gasteiger partial charge on any atom is 0.222 e. The fourth-order valence-corrected chi connectivity index (χ4v) is 2.98. The molecule has 1 fully saturated rings. The van der Waals surface area contributed by atoms with Crippen LogP contribution in [0.2, 0.25) is 0 Å². The summed E-state index contributed by atoms with van der Waals surface area (Å²) >= 11 is 0. The molecule has 1 aliphatic heterocycles. The smallest absolute Gasteiger partial charge is 0.222 e. The van der Waals surface area contributed by atoms with Crippen molar-refractivity contribution in [1.82, 2.24) is 4.90 Å². The topological polar surface area (TPSA) is 80.5 Å². The lowest BCUT2D eigenvalue weighted by molar-refractivity contribution is -0.132. The zero-order chi connectivity index (χ0) is 13.6. The van der Waals surface area contributed by atoms with Crippen molar-refractivity contribution in [3.63, 3.8) is 0 Å². The molecular formula is C12H20N2O3S. The first kappa shape index (κ1) is 15.0. The number of carbonyl (C=O) groups is 1. The third kappa shape index (κ3) is 4.67. The molecule has 1 unspecified atom stereocenters. The number of nitrogens with zero attached hydrogens (tertiary/aromatic N) is 1. The summed E-state index contributed by atoms with van der Waals surface area (Å²) < 4.78 is 22.5. The van der Waals surface area contributed by atoms with Gasteiger partial charge in [0, 0.05) is 25.9 Å². The van der Waals surface area contributed by atoms with Crippen LogP contribution in [0.5, 0.6) is 0 Å².